The number of aryl methyl sites for hydroxylation is 1. The molecular weight excluding hydrogens is 298 g/mol. The fourth-order valence-electron chi connectivity index (χ4n) is 1.43. The van der Waals surface area contributed by atoms with Crippen LogP contribution in [-0.4, -0.2) is 9.97 Å². The summed E-state index contributed by atoms with van der Waals surface area (Å²) in [5.41, 5.74) is 0. The van der Waals surface area contributed by atoms with Gasteiger partial charge in [0.25, 0.3) is 0 Å². The van der Waals surface area contributed by atoms with Gasteiger partial charge in [0, 0.05) is 21.7 Å². The van der Waals surface area contributed by atoms with Crippen molar-refractivity contribution in [1.82, 2.24) is 9.97 Å². The smallest absolute Gasteiger partial charge is 0.126 e. The minimum Gasteiger partial charge on any atom is -0.361 e. The molecule has 17 heavy (non-hydrogen) atoms. The van der Waals surface area contributed by atoms with Crippen molar-refractivity contribution in [3.63, 3.8) is 0 Å². The number of anilines is 1. The van der Waals surface area contributed by atoms with E-state index < -0.39 is 0 Å². The molecule has 90 valence electrons. The van der Waals surface area contributed by atoms with E-state index >= 15 is 0 Å². The lowest BCUT2D eigenvalue weighted by Gasteiger charge is -2.11. The summed E-state index contributed by atoms with van der Waals surface area (Å²) in [6.45, 7) is 4.24. The molecule has 0 spiro atoms. The van der Waals surface area contributed by atoms with Crippen molar-refractivity contribution >= 4 is 33.1 Å². The van der Waals surface area contributed by atoms with Gasteiger partial charge in [-0.05, 0) is 41.4 Å². The number of halogens is 1. The number of aromatic nitrogens is 2. The third-order valence-corrected chi connectivity index (χ3v) is 4.18. The number of rotatable bonds is 4. The largest absolute Gasteiger partial charge is 0.361 e. The zero-order valence-corrected chi connectivity index (χ0v) is 12.2. The zero-order chi connectivity index (χ0) is 12.3. The van der Waals surface area contributed by atoms with Crippen molar-refractivity contribution in [3.8, 4) is 0 Å². The van der Waals surface area contributed by atoms with Gasteiger partial charge >= 0.3 is 0 Å². The molecule has 2 rings (SSSR count). The Labute approximate surface area is 113 Å². The quantitative estimate of drug-likeness (QED) is 0.926. The van der Waals surface area contributed by atoms with E-state index in [2.05, 4.69) is 45.1 Å². The van der Waals surface area contributed by atoms with Crippen molar-refractivity contribution in [2.75, 3.05) is 5.32 Å². The number of thiazole rings is 1. The normalized spacial score (nSPS) is 12.4. The standard InChI is InChI=1S/C12H14BrN3S/c1-3-10-7-15-12(17-10)8(2)16-11-5-4-9(13)6-14-11/h4-8H,3H2,1-2H3,(H,14,16). The lowest BCUT2D eigenvalue weighted by molar-refractivity contribution is 0.860. The van der Waals surface area contributed by atoms with Gasteiger partial charge in [0.15, 0.2) is 0 Å². The molecule has 0 amide bonds. The van der Waals surface area contributed by atoms with E-state index in [4.69, 9.17) is 0 Å². The lowest BCUT2D eigenvalue weighted by atomic mass is 10.3. The maximum Gasteiger partial charge on any atom is 0.126 e. The Balaban J connectivity index is 2.05. The predicted molar refractivity (Wildman–Crippen MR) is 75.5 cm³/mol. The second-order valence-electron chi connectivity index (χ2n) is 3.75. The summed E-state index contributed by atoms with van der Waals surface area (Å²) in [7, 11) is 0. The fraction of sp³-hybridized carbons (Fsp3) is 0.333. The average Bonchev–Trinajstić information content (AvgIpc) is 2.81. The highest BCUT2D eigenvalue weighted by atomic mass is 79.9. The van der Waals surface area contributed by atoms with Crippen molar-refractivity contribution in [1.29, 1.82) is 0 Å². The average molecular weight is 312 g/mol. The van der Waals surface area contributed by atoms with Gasteiger partial charge in [-0.1, -0.05) is 6.92 Å². The van der Waals surface area contributed by atoms with Crippen LogP contribution in [0.1, 0.15) is 29.8 Å². The number of hydrogen-bond donors (Lipinski definition) is 1. The van der Waals surface area contributed by atoms with E-state index in [1.807, 2.05) is 18.3 Å². The molecule has 0 aliphatic carbocycles. The Hall–Kier alpha value is -0.940. The second-order valence-corrected chi connectivity index (χ2v) is 5.81. The molecule has 0 bridgehead atoms. The van der Waals surface area contributed by atoms with E-state index in [1.165, 1.54) is 4.88 Å². The van der Waals surface area contributed by atoms with Gasteiger partial charge in [-0.3, -0.25) is 0 Å². The molecule has 0 saturated carbocycles. The van der Waals surface area contributed by atoms with Crippen molar-refractivity contribution in [3.05, 3.63) is 38.9 Å². The summed E-state index contributed by atoms with van der Waals surface area (Å²) >= 11 is 5.12. The van der Waals surface area contributed by atoms with Crippen molar-refractivity contribution in [2.45, 2.75) is 26.3 Å². The van der Waals surface area contributed by atoms with Crippen molar-refractivity contribution < 1.29 is 0 Å². The third kappa shape index (κ3) is 3.26. The highest BCUT2D eigenvalue weighted by Crippen LogP contribution is 2.23. The molecule has 1 N–H and O–H groups in total. The van der Waals surface area contributed by atoms with Crippen LogP contribution in [0.15, 0.2) is 29.0 Å². The monoisotopic (exact) mass is 311 g/mol. The van der Waals surface area contributed by atoms with Crippen LogP contribution in [0.5, 0.6) is 0 Å². The Morgan fingerprint density at radius 3 is 2.76 bits per heavy atom. The van der Waals surface area contributed by atoms with Crippen LogP contribution in [-0.2, 0) is 6.42 Å². The van der Waals surface area contributed by atoms with Crippen LogP contribution < -0.4 is 5.32 Å². The lowest BCUT2D eigenvalue weighted by Crippen LogP contribution is -2.07. The molecule has 0 aliphatic heterocycles. The summed E-state index contributed by atoms with van der Waals surface area (Å²) < 4.78 is 0.984. The molecule has 1 unspecified atom stereocenters. The predicted octanol–water partition coefficient (Wildman–Crippen LogP) is 4.04. The summed E-state index contributed by atoms with van der Waals surface area (Å²) in [5, 5.41) is 4.44. The van der Waals surface area contributed by atoms with E-state index in [-0.39, 0.29) is 6.04 Å². The highest BCUT2D eigenvalue weighted by Gasteiger charge is 2.10. The fourth-order valence-corrected chi connectivity index (χ4v) is 2.53. The van der Waals surface area contributed by atoms with Gasteiger partial charge in [0.05, 0.1) is 6.04 Å². The molecule has 0 saturated heterocycles. The van der Waals surface area contributed by atoms with Gasteiger partial charge in [-0.2, -0.15) is 0 Å². The van der Waals surface area contributed by atoms with Gasteiger partial charge in [0.2, 0.25) is 0 Å². The minimum absolute atomic E-state index is 0.189. The first kappa shape index (κ1) is 12.5. The van der Waals surface area contributed by atoms with Gasteiger partial charge in [-0.15, -0.1) is 11.3 Å². The topological polar surface area (TPSA) is 37.8 Å². The summed E-state index contributed by atoms with van der Waals surface area (Å²) in [6.07, 6.45) is 4.78. The summed E-state index contributed by atoms with van der Waals surface area (Å²) in [6, 6.07) is 4.12. The Kier molecular flexibility index (Phi) is 4.12. The van der Waals surface area contributed by atoms with E-state index in [0.29, 0.717) is 0 Å². The van der Waals surface area contributed by atoms with Crippen LogP contribution >= 0.6 is 27.3 Å². The zero-order valence-electron chi connectivity index (χ0n) is 9.77. The Morgan fingerprint density at radius 2 is 2.18 bits per heavy atom. The third-order valence-electron chi connectivity index (χ3n) is 2.38. The van der Waals surface area contributed by atoms with Gasteiger partial charge in [0.1, 0.15) is 10.8 Å². The van der Waals surface area contributed by atoms with Gasteiger partial charge < -0.3 is 5.32 Å². The molecule has 2 aromatic heterocycles. The Bertz CT molecular complexity index is 481. The second kappa shape index (κ2) is 5.60. The molecule has 3 nitrogen and oxygen atoms in total. The van der Waals surface area contributed by atoms with Crippen LogP contribution in [0, 0.1) is 0 Å². The van der Waals surface area contributed by atoms with Crippen LogP contribution in [0.4, 0.5) is 5.82 Å². The molecule has 2 aromatic rings. The van der Waals surface area contributed by atoms with E-state index in [0.717, 1.165) is 21.7 Å². The highest BCUT2D eigenvalue weighted by molar-refractivity contribution is 9.10. The van der Waals surface area contributed by atoms with Crippen LogP contribution in [0.2, 0.25) is 0 Å². The maximum atomic E-state index is 4.42. The Morgan fingerprint density at radius 1 is 1.35 bits per heavy atom. The van der Waals surface area contributed by atoms with Crippen LogP contribution in [0.3, 0.4) is 0 Å². The first-order valence-corrected chi connectivity index (χ1v) is 7.12. The summed E-state index contributed by atoms with van der Waals surface area (Å²) in [5.74, 6) is 0.869. The van der Waals surface area contributed by atoms with E-state index in [1.54, 1.807) is 17.5 Å². The number of nitrogens with one attached hydrogen (secondary N) is 1. The molecule has 0 aromatic carbocycles. The number of nitrogens with zero attached hydrogens (tertiary/aromatic N) is 2. The first-order valence-electron chi connectivity index (χ1n) is 5.51. The molecule has 5 heteroatoms. The first-order chi connectivity index (χ1) is 8.19. The summed E-state index contributed by atoms with van der Waals surface area (Å²) in [4.78, 5) is 10.0. The minimum atomic E-state index is 0.189. The molecular formula is C12H14BrN3S. The molecule has 1 atom stereocenters. The maximum absolute atomic E-state index is 4.42. The van der Waals surface area contributed by atoms with Crippen LogP contribution in [0.25, 0.3) is 0 Å². The number of pyridine rings is 1. The van der Waals surface area contributed by atoms with Crippen molar-refractivity contribution in [2.24, 2.45) is 0 Å². The van der Waals surface area contributed by atoms with Gasteiger partial charge in [-0.25, -0.2) is 9.97 Å². The number of hydrogen-bond acceptors (Lipinski definition) is 4. The SMILES string of the molecule is CCc1cnc(C(C)Nc2ccc(Br)cn2)s1. The van der Waals surface area contributed by atoms with E-state index in [9.17, 15) is 0 Å². The molecule has 0 radical (unpaired) electrons. The molecule has 0 aliphatic rings. The molecule has 2 heterocycles. The molecule has 0 fully saturated rings.